The van der Waals surface area contributed by atoms with Crippen LogP contribution >= 0.6 is 11.8 Å². The number of esters is 1. The fraction of sp³-hybridized carbons (Fsp3) is 0.211. The summed E-state index contributed by atoms with van der Waals surface area (Å²) >= 11 is -0.273. The van der Waals surface area contributed by atoms with Crippen molar-refractivity contribution >= 4 is 29.4 Å². The lowest BCUT2D eigenvalue weighted by Gasteiger charge is -2.11. The van der Waals surface area contributed by atoms with Gasteiger partial charge in [0.15, 0.2) is 6.61 Å². The molecule has 9 heteroatoms. The molecule has 0 fully saturated rings. The van der Waals surface area contributed by atoms with E-state index in [0.717, 1.165) is 11.3 Å². The van der Waals surface area contributed by atoms with Crippen LogP contribution in [-0.2, 0) is 9.53 Å². The Morgan fingerprint density at radius 3 is 2.39 bits per heavy atom. The first kappa shape index (κ1) is 19.9. The van der Waals surface area contributed by atoms with Crippen LogP contribution in [0.5, 0.6) is 0 Å². The maximum atomic E-state index is 12.3. The first-order valence-electron chi connectivity index (χ1n) is 8.28. The molecule has 0 atom stereocenters. The minimum atomic E-state index is -4.40. The highest BCUT2D eigenvalue weighted by atomic mass is 32.2. The highest BCUT2D eigenvalue weighted by Gasteiger charge is 2.29. The van der Waals surface area contributed by atoms with E-state index in [1.807, 2.05) is 30.3 Å². The monoisotopic (exact) mass is 408 g/mol. The fourth-order valence-electron chi connectivity index (χ4n) is 2.55. The van der Waals surface area contributed by atoms with Gasteiger partial charge in [-0.25, -0.2) is 9.80 Å². The fourth-order valence-corrected chi connectivity index (χ4v) is 3.09. The highest BCUT2D eigenvalue weighted by Crippen LogP contribution is 2.36. The molecule has 0 aromatic heterocycles. The summed E-state index contributed by atoms with van der Waals surface area (Å²) in [5.74, 6) is -1.26. The van der Waals surface area contributed by atoms with Gasteiger partial charge in [0, 0.05) is 11.3 Å². The van der Waals surface area contributed by atoms with Crippen molar-refractivity contribution in [3.63, 3.8) is 0 Å². The molecule has 1 heterocycles. The van der Waals surface area contributed by atoms with Gasteiger partial charge in [0.1, 0.15) is 0 Å². The molecule has 2 aromatic rings. The van der Waals surface area contributed by atoms with Crippen molar-refractivity contribution in [2.24, 2.45) is 5.10 Å². The molecule has 146 valence electrons. The summed E-state index contributed by atoms with van der Waals surface area (Å²) in [4.78, 5) is 24.1. The maximum Gasteiger partial charge on any atom is 0.446 e. The van der Waals surface area contributed by atoms with Gasteiger partial charge in [0.25, 0.3) is 5.91 Å². The molecule has 0 saturated heterocycles. The van der Waals surface area contributed by atoms with Crippen molar-refractivity contribution in [1.82, 2.24) is 5.01 Å². The van der Waals surface area contributed by atoms with E-state index in [9.17, 15) is 22.8 Å². The Hall–Kier alpha value is -2.81. The van der Waals surface area contributed by atoms with Crippen molar-refractivity contribution in [3.8, 4) is 0 Å². The normalized spacial score (nSPS) is 14.0. The number of thioether (sulfide) groups is 1. The predicted molar refractivity (Wildman–Crippen MR) is 97.9 cm³/mol. The minimum absolute atomic E-state index is 0.0417. The number of alkyl halides is 3. The van der Waals surface area contributed by atoms with Gasteiger partial charge in [-0.2, -0.15) is 18.3 Å². The topological polar surface area (TPSA) is 59.0 Å². The molecule has 28 heavy (non-hydrogen) atoms. The highest BCUT2D eigenvalue weighted by molar-refractivity contribution is 8.00. The lowest BCUT2D eigenvalue weighted by molar-refractivity contribution is -0.134. The van der Waals surface area contributed by atoms with Gasteiger partial charge in [0.2, 0.25) is 0 Å². The van der Waals surface area contributed by atoms with Gasteiger partial charge in [-0.15, -0.1) is 0 Å². The Balaban J connectivity index is 1.53. The molecular formula is C19H15F3N2O3S. The summed E-state index contributed by atoms with van der Waals surface area (Å²) in [5, 5.41) is 5.50. The molecule has 0 radical (unpaired) electrons. The molecule has 1 amide bonds. The Bertz CT molecular complexity index is 884. The molecule has 3 rings (SSSR count). The molecule has 0 unspecified atom stereocenters. The van der Waals surface area contributed by atoms with Crippen LogP contribution in [0.3, 0.4) is 0 Å². The van der Waals surface area contributed by atoms with Gasteiger partial charge in [-0.1, -0.05) is 30.3 Å². The number of halogens is 3. The van der Waals surface area contributed by atoms with Gasteiger partial charge in [0.05, 0.1) is 17.8 Å². The van der Waals surface area contributed by atoms with Crippen LogP contribution < -0.4 is 0 Å². The number of carbonyl (C=O) groups excluding carboxylic acids is 2. The molecule has 0 bridgehead atoms. The largest absolute Gasteiger partial charge is 0.452 e. The summed E-state index contributed by atoms with van der Waals surface area (Å²) in [7, 11) is 0. The van der Waals surface area contributed by atoms with E-state index in [1.165, 1.54) is 29.3 Å². The van der Waals surface area contributed by atoms with Crippen molar-refractivity contribution in [1.29, 1.82) is 0 Å². The molecule has 0 N–H and O–H groups in total. The van der Waals surface area contributed by atoms with E-state index in [4.69, 9.17) is 4.74 Å². The number of hydrogen-bond donors (Lipinski definition) is 0. The van der Waals surface area contributed by atoms with Crippen molar-refractivity contribution in [2.75, 3.05) is 13.2 Å². The second-order valence-electron chi connectivity index (χ2n) is 5.83. The molecule has 0 spiro atoms. The third-order valence-corrected chi connectivity index (χ3v) is 4.59. The number of benzene rings is 2. The number of carbonyl (C=O) groups is 2. The Labute approximate surface area is 163 Å². The molecule has 1 aliphatic heterocycles. The molecule has 0 saturated carbocycles. The second kappa shape index (κ2) is 8.47. The molecule has 2 aromatic carbocycles. The van der Waals surface area contributed by atoms with E-state index in [0.29, 0.717) is 13.0 Å². The van der Waals surface area contributed by atoms with Crippen LogP contribution in [0.25, 0.3) is 0 Å². The number of nitrogens with zero attached hydrogens (tertiary/aromatic N) is 2. The van der Waals surface area contributed by atoms with Gasteiger partial charge in [-0.3, -0.25) is 4.79 Å². The molecule has 5 nitrogen and oxygen atoms in total. The first-order valence-corrected chi connectivity index (χ1v) is 9.10. The van der Waals surface area contributed by atoms with Crippen molar-refractivity contribution in [2.45, 2.75) is 16.8 Å². The predicted octanol–water partition coefficient (Wildman–Crippen LogP) is 4.09. The zero-order valence-electron chi connectivity index (χ0n) is 14.5. The van der Waals surface area contributed by atoms with E-state index in [1.54, 1.807) is 0 Å². The third kappa shape index (κ3) is 5.35. The Morgan fingerprint density at radius 2 is 1.75 bits per heavy atom. The van der Waals surface area contributed by atoms with E-state index in [-0.39, 0.29) is 22.2 Å². The summed E-state index contributed by atoms with van der Waals surface area (Å²) in [5.41, 5.74) is -2.64. The van der Waals surface area contributed by atoms with Crippen molar-refractivity contribution < 1.29 is 27.5 Å². The standard InChI is InChI=1S/C19H15F3N2O3S/c20-19(21,22)28-15-8-6-14(7-9-15)18(26)27-12-17(25)24-11-10-16(23-24)13-4-2-1-3-5-13/h1-9H,10-12H2. The zero-order chi connectivity index (χ0) is 20.1. The minimum Gasteiger partial charge on any atom is -0.452 e. The van der Waals surface area contributed by atoms with Crippen LogP contribution in [0.4, 0.5) is 13.2 Å². The van der Waals surface area contributed by atoms with Crippen LogP contribution in [0.2, 0.25) is 0 Å². The number of amides is 1. The van der Waals surface area contributed by atoms with Gasteiger partial charge in [-0.05, 0) is 41.6 Å². The van der Waals surface area contributed by atoms with E-state index >= 15 is 0 Å². The quantitative estimate of drug-likeness (QED) is 0.552. The van der Waals surface area contributed by atoms with Crippen LogP contribution in [0.1, 0.15) is 22.3 Å². The second-order valence-corrected chi connectivity index (χ2v) is 6.97. The Morgan fingerprint density at radius 1 is 1.07 bits per heavy atom. The summed E-state index contributed by atoms with van der Waals surface area (Å²) in [6.07, 6.45) is 0.599. The molecule has 0 aliphatic carbocycles. The summed E-state index contributed by atoms with van der Waals surface area (Å²) in [6, 6.07) is 14.2. The van der Waals surface area contributed by atoms with Gasteiger partial charge >= 0.3 is 11.5 Å². The van der Waals surface area contributed by atoms with Crippen molar-refractivity contribution in [3.05, 3.63) is 65.7 Å². The lowest BCUT2D eigenvalue weighted by Crippen LogP contribution is -2.28. The average molecular weight is 408 g/mol. The average Bonchev–Trinajstić information content (AvgIpc) is 3.16. The lowest BCUT2D eigenvalue weighted by atomic mass is 10.1. The Kier molecular flexibility index (Phi) is 6.03. The SMILES string of the molecule is O=C(OCC(=O)N1CCC(c2ccccc2)=N1)c1ccc(SC(F)(F)F)cc1. The van der Waals surface area contributed by atoms with Crippen LogP contribution in [0.15, 0.2) is 64.6 Å². The third-order valence-electron chi connectivity index (χ3n) is 3.85. The number of hydrogen-bond acceptors (Lipinski definition) is 5. The number of ether oxygens (including phenoxy) is 1. The van der Waals surface area contributed by atoms with Crippen LogP contribution in [0, 0.1) is 0 Å². The van der Waals surface area contributed by atoms with Gasteiger partial charge < -0.3 is 4.74 Å². The number of rotatable bonds is 5. The molecule has 1 aliphatic rings. The molecular weight excluding hydrogens is 393 g/mol. The maximum absolute atomic E-state index is 12.3. The van der Waals surface area contributed by atoms with E-state index in [2.05, 4.69) is 5.10 Å². The summed E-state index contributed by atoms with van der Waals surface area (Å²) in [6.45, 7) is -0.104. The summed E-state index contributed by atoms with van der Waals surface area (Å²) < 4.78 is 41.9. The number of hydrazone groups is 1. The van der Waals surface area contributed by atoms with Crippen LogP contribution in [-0.4, -0.2) is 41.3 Å². The van der Waals surface area contributed by atoms with E-state index < -0.39 is 24.0 Å². The smallest absolute Gasteiger partial charge is 0.446 e. The zero-order valence-corrected chi connectivity index (χ0v) is 15.3. The first-order chi connectivity index (χ1) is 13.3.